The van der Waals surface area contributed by atoms with Crippen molar-refractivity contribution in [1.82, 2.24) is 10.2 Å². The SMILES string of the molecule is CCCCNC(=O)C(Cc1ccccc1)N(Cc1cccc(Cl)c1)C(=O)COc1cc(C)cc(C)c1. The summed E-state index contributed by atoms with van der Waals surface area (Å²) in [5.74, 6) is 0.199. The molecule has 0 saturated carbocycles. The third-order valence-electron chi connectivity index (χ3n) is 5.90. The molecule has 190 valence electrons. The summed E-state index contributed by atoms with van der Waals surface area (Å²) in [6.07, 6.45) is 2.25. The lowest BCUT2D eigenvalue weighted by molar-refractivity contribution is -0.142. The average Bonchev–Trinajstić information content (AvgIpc) is 2.85. The Morgan fingerprint density at radius 3 is 2.31 bits per heavy atom. The molecular weight excluding hydrogens is 472 g/mol. The van der Waals surface area contributed by atoms with Crippen molar-refractivity contribution in [2.24, 2.45) is 0 Å². The molecule has 1 unspecified atom stereocenters. The van der Waals surface area contributed by atoms with Gasteiger partial charge in [0.1, 0.15) is 11.8 Å². The molecule has 0 aliphatic rings. The summed E-state index contributed by atoms with van der Waals surface area (Å²) in [6.45, 7) is 6.70. The van der Waals surface area contributed by atoms with Crippen molar-refractivity contribution < 1.29 is 14.3 Å². The Morgan fingerprint density at radius 2 is 1.64 bits per heavy atom. The third-order valence-corrected chi connectivity index (χ3v) is 6.14. The van der Waals surface area contributed by atoms with Gasteiger partial charge in [-0.2, -0.15) is 0 Å². The van der Waals surface area contributed by atoms with Crippen LogP contribution in [0, 0.1) is 13.8 Å². The lowest BCUT2D eigenvalue weighted by Gasteiger charge is -2.31. The number of carbonyl (C=O) groups is 2. The number of aryl methyl sites for hydroxylation is 2. The minimum Gasteiger partial charge on any atom is -0.484 e. The van der Waals surface area contributed by atoms with Crippen LogP contribution in [0.2, 0.25) is 5.02 Å². The fourth-order valence-corrected chi connectivity index (χ4v) is 4.35. The predicted octanol–water partition coefficient (Wildman–Crippen LogP) is 5.89. The van der Waals surface area contributed by atoms with Gasteiger partial charge in [-0.3, -0.25) is 9.59 Å². The van der Waals surface area contributed by atoms with Crippen LogP contribution < -0.4 is 10.1 Å². The van der Waals surface area contributed by atoms with Crippen LogP contribution in [0.4, 0.5) is 0 Å². The zero-order valence-electron chi connectivity index (χ0n) is 21.3. The molecule has 0 radical (unpaired) electrons. The van der Waals surface area contributed by atoms with E-state index in [1.807, 2.05) is 74.5 Å². The Morgan fingerprint density at radius 1 is 0.944 bits per heavy atom. The van der Waals surface area contributed by atoms with Gasteiger partial charge in [0.25, 0.3) is 5.91 Å². The molecule has 3 aromatic carbocycles. The molecule has 0 aromatic heterocycles. The van der Waals surface area contributed by atoms with Gasteiger partial charge in [-0.1, -0.05) is 73.5 Å². The first kappa shape index (κ1) is 27.3. The largest absolute Gasteiger partial charge is 0.484 e. The number of benzene rings is 3. The van der Waals surface area contributed by atoms with E-state index >= 15 is 0 Å². The molecule has 0 heterocycles. The first-order valence-electron chi connectivity index (χ1n) is 12.4. The molecule has 3 aromatic rings. The Bertz CT molecular complexity index is 1130. The van der Waals surface area contributed by atoms with Gasteiger partial charge in [0.15, 0.2) is 6.61 Å². The highest BCUT2D eigenvalue weighted by atomic mass is 35.5. The Labute approximate surface area is 219 Å². The summed E-state index contributed by atoms with van der Waals surface area (Å²) in [6, 6.07) is 22.3. The Hall–Kier alpha value is -3.31. The number of nitrogens with zero attached hydrogens (tertiary/aromatic N) is 1. The molecule has 6 heteroatoms. The van der Waals surface area contributed by atoms with Crippen molar-refractivity contribution in [2.75, 3.05) is 13.2 Å². The van der Waals surface area contributed by atoms with Crippen LogP contribution >= 0.6 is 11.6 Å². The summed E-state index contributed by atoms with van der Waals surface area (Å²) >= 11 is 6.23. The lowest BCUT2D eigenvalue weighted by atomic mass is 10.0. The number of hydrogen-bond donors (Lipinski definition) is 1. The number of carbonyl (C=O) groups excluding carboxylic acids is 2. The predicted molar refractivity (Wildman–Crippen MR) is 145 cm³/mol. The molecular formula is C30H35ClN2O3. The van der Waals surface area contributed by atoms with Crippen LogP contribution in [-0.2, 0) is 22.6 Å². The van der Waals surface area contributed by atoms with Crippen LogP contribution in [0.1, 0.15) is 42.0 Å². The zero-order chi connectivity index (χ0) is 25.9. The van der Waals surface area contributed by atoms with Crippen molar-refractivity contribution in [3.63, 3.8) is 0 Å². The molecule has 36 heavy (non-hydrogen) atoms. The van der Waals surface area contributed by atoms with Gasteiger partial charge in [0.2, 0.25) is 5.91 Å². The molecule has 0 saturated heterocycles. The maximum atomic E-state index is 13.6. The minimum absolute atomic E-state index is 0.170. The third kappa shape index (κ3) is 8.42. The minimum atomic E-state index is -0.696. The van der Waals surface area contributed by atoms with Gasteiger partial charge in [-0.15, -0.1) is 0 Å². The first-order valence-corrected chi connectivity index (χ1v) is 12.8. The van der Waals surface area contributed by atoms with Crippen molar-refractivity contribution in [3.05, 3.63) is 100 Å². The van der Waals surface area contributed by atoms with Crippen molar-refractivity contribution >= 4 is 23.4 Å². The molecule has 3 rings (SSSR count). The average molecular weight is 507 g/mol. The van der Waals surface area contributed by atoms with E-state index in [9.17, 15) is 9.59 Å². The standard InChI is InChI=1S/C30H35ClN2O3/c1-4-5-14-32-30(35)28(19-24-10-7-6-8-11-24)33(20-25-12-9-13-26(31)18-25)29(34)21-36-27-16-22(2)15-23(3)17-27/h6-13,15-18,28H,4-5,14,19-21H2,1-3H3,(H,32,35). The maximum absolute atomic E-state index is 13.6. The molecule has 0 fully saturated rings. The van der Waals surface area contributed by atoms with Gasteiger partial charge < -0.3 is 15.0 Å². The normalized spacial score (nSPS) is 11.6. The maximum Gasteiger partial charge on any atom is 0.261 e. The number of rotatable bonds is 12. The van der Waals surface area contributed by atoms with E-state index in [1.54, 1.807) is 11.0 Å². The second-order valence-electron chi connectivity index (χ2n) is 9.11. The molecule has 0 aliphatic carbocycles. The molecule has 0 spiro atoms. The van der Waals surface area contributed by atoms with E-state index in [2.05, 4.69) is 18.3 Å². The smallest absolute Gasteiger partial charge is 0.261 e. The van der Waals surface area contributed by atoms with E-state index in [0.717, 1.165) is 35.1 Å². The van der Waals surface area contributed by atoms with Gasteiger partial charge in [-0.05, 0) is 66.8 Å². The lowest BCUT2D eigenvalue weighted by Crippen LogP contribution is -2.51. The van der Waals surface area contributed by atoms with Crippen LogP contribution in [0.25, 0.3) is 0 Å². The zero-order valence-corrected chi connectivity index (χ0v) is 22.1. The summed E-state index contributed by atoms with van der Waals surface area (Å²) < 4.78 is 5.90. The number of halogens is 1. The Balaban J connectivity index is 1.89. The second-order valence-corrected chi connectivity index (χ2v) is 9.55. The summed E-state index contributed by atoms with van der Waals surface area (Å²) in [7, 11) is 0. The highest BCUT2D eigenvalue weighted by molar-refractivity contribution is 6.30. The summed E-state index contributed by atoms with van der Waals surface area (Å²) in [5.41, 5.74) is 3.95. The highest BCUT2D eigenvalue weighted by Gasteiger charge is 2.30. The van der Waals surface area contributed by atoms with Gasteiger partial charge in [0.05, 0.1) is 0 Å². The van der Waals surface area contributed by atoms with Crippen molar-refractivity contribution in [3.8, 4) is 5.75 Å². The van der Waals surface area contributed by atoms with Crippen molar-refractivity contribution in [2.45, 2.75) is 52.6 Å². The van der Waals surface area contributed by atoms with Crippen LogP contribution in [-0.4, -0.2) is 35.9 Å². The Kier molecular flexibility index (Phi) is 10.4. The van der Waals surface area contributed by atoms with E-state index in [-0.39, 0.29) is 25.0 Å². The van der Waals surface area contributed by atoms with Gasteiger partial charge >= 0.3 is 0 Å². The number of hydrogen-bond acceptors (Lipinski definition) is 3. The van der Waals surface area contributed by atoms with E-state index in [1.165, 1.54) is 0 Å². The van der Waals surface area contributed by atoms with Gasteiger partial charge in [0, 0.05) is 24.5 Å². The van der Waals surface area contributed by atoms with E-state index in [0.29, 0.717) is 23.7 Å². The second kappa shape index (κ2) is 13.7. The fraction of sp³-hybridized carbons (Fsp3) is 0.333. The van der Waals surface area contributed by atoms with E-state index in [4.69, 9.17) is 16.3 Å². The number of amides is 2. The number of nitrogens with one attached hydrogen (secondary N) is 1. The van der Waals surface area contributed by atoms with Crippen molar-refractivity contribution in [1.29, 1.82) is 0 Å². The first-order chi connectivity index (χ1) is 17.4. The summed E-state index contributed by atoms with van der Waals surface area (Å²) in [5, 5.41) is 3.61. The molecule has 2 amide bonds. The van der Waals surface area contributed by atoms with Crippen LogP contribution in [0.15, 0.2) is 72.8 Å². The topological polar surface area (TPSA) is 58.6 Å². The highest BCUT2D eigenvalue weighted by Crippen LogP contribution is 2.20. The molecule has 0 bridgehead atoms. The van der Waals surface area contributed by atoms with E-state index < -0.39 is 6.04 Å². The number of ether oxygens (including phenoxy) is 1. The fourth-order valence-electron chi connectivity index (χ4n) is 4.14. The monoisotopic (exact) mass is 506 g/mol. The molecule has 5 nitrogen and oxygen atoms in total. The summed E-state index contributed by atoms with van der Waals surface area (Å²) in [4.78, 5) is 28.7. The molecule has 1 N–H and O–H groups in total. The number of unbranched alkanes of at least 4 members (excludes halogenated alkanes) is 1. The van der Waals surface area contributed by atoms with Crippen LogP contribution in [0.5, 0.6) is 5.75 Å². The molecule has 1 atom stereocenters. The quantitative estimate of drug-likeness (QED) is 0.311. The van der Waals surface area contributed by atoms with Crippen LogP contribution in [0.3, 0.4) is 0 Å². The van der Waals surface area contributed by atoms with Gasteiger partial charge in [-0.25, -0.2) is 0 Å². The molecule has 0 aliphatic heterocycles.